The van der Waals surface area contributed by atoms with E-state index >= 15 is 0 Å². The minimum atomic E-state index is -0.398. The van der Waals surface area contributed by atoms with Gasteiger partial charge in [0.1, 0.15) is 17.6 Å². The van der Waals surface area contributed by atoms with Crippen molar-refractivity contribution in [1.29, 1.82) is 0 Å². The van der Waals surface area contributed by atoms with E-state index in [9.17, 15) is 9.18 Å². The molecular weight excluding hydrogens is 331 g/mol. The van der Waals surface area contributed by atoms with Crippen LogP contribution in [0.1, 0.15) is 17.2 Å². The van der Waals surface area contributed by atoms with Crippen molar-refractivity contribution in [2.24, 2.45) is 5.41 Å². The van der Waals surface area contributed by atoms with Crippen LogP contribution in [0.15, 0.2) is 48.5 Å². The largest absolute Gasteiger partial charge is 0.493 e. The second kappa shape index (κ2) is 6.40. The van der Waals surface area contributed by atoms with Crippen LogP contribution in [-0.2, 0) is 11.2 Å². The first-order valence-corrected chi connectivity index (χ1v) is 8.89. The van der Waals surface area contributed by atoms with Gasteiger partial charge in [0, 0.05) is 18.5 Å². The number of fused-ring (bicyclic) bond motifs is 1. The van der Waals surface area contributed by atoms with Crippen LogP contribution in [0, 0.1) is 11.2 Å². The number of benzene rings is 2. The van der Waals surface area contributed by atoms with Crippen molar-refractivity contribution in [3.63, 3.8) is 0 Å². The van der Waals surface area contributed by atoms with Crippen LogP contribution in [0.4, 0.5) is 4.39 Å². The summed E-state index contributed by atoms with van der Waals surface area (Å²) in [6, 6.07) is 13.9. The molecule has 1 amide bonds. The summed E-state index contributed by atoms with van der Waals surface area (Å²) in [4.78, 5) is 16.8. The molecule has 4 nitrogen and oxygen atoms in total. The van der Waals surface area contributed by atoms with Crippen molar-refractivity contribution in [3.8, 4) is 5.75 Å². The van der Waals surface area contributed by atoms with E-state index in [0.717, 1.165) is 17.7 Å². The fourth-order valence-electron chi connectivity index (χ4n) is 4.08. The molecule has 2 aromatic rings. The second-order valence-corrected chi connectivity index (χ2v) is 7.69. The van der Waals surface area contributed by atoms with Crippen molar-refractivity contribution in [1.82, 2.24) is 9.80 Å². The molecule has 2 heterocycles. The second-order valence-electron chi connectivity index (χ2n) is 7.69. The van der Waals surface area contributed by atoms with E-state index in [1.165, 1.54) is 17.7 Å². The lowest BCUT2D eigenvalue weighted by Gasteiger charge is -2.52. The molecule has 2 aliphatic heterocycles. The molecule has 1 atom stereocenters. The van der Waals surface area contributed by atoms with Crippen molar-refractivity contribution >= 4 is 5.91 Å². The van der Waals surface area contributed by atoms with E-state index in [1.54, 1.807) is 12.1 Å². The highest BCUT2D eigenvalue weighted by atomic mass is 19.1. The Bertz CT molecular complexity index is 813. The topological polar surface area (TPSA) is 32.8 Å². The maximum absolute atomic E-state index is 13.2. The van der Waals surface area contributed by atoms with Crippen LogP contribution in [0.25, 0.3) is 0 Å². The lowest BCUT2D eigenvalue weighted by Crippen LogP contribution is -2.64. The van der Waals surface area contributed by atoms with Gasteiger partial charge in [0.25, 0.3) is 0 Å². The zero-order chi connectivity index (χ0) is 18.3. The normalized spacial score (nSPS) is 18.8. The molecule has 2 aliphatic rings. The van der Waals surface area contributed by atoms with Gasteiger partial charge in [-0.2, -0.15) is 0 Å². The zero-order valence-electron chi connectivity index (χ0n) is 15.1. The van der Waals surface area contributed by atoms with E-state index < -0.39 is 6.04 Å². The molecule has 136 valence electrons. The predicted octanol–water partition coefficient (Wildman–Crippen LogP) is 2.89. The summed E-state index contributed by atoms with van der Waals surface area (Å²) in [6.07, 6.45) is 0.941. The summed E-state index contributed by atoms with van der Waals surface area (Å²) >= 11 is 0. The Labute approximate surface area is 153 Å². The highest BCUT2D eigenvalue weighted by Crippen LogP contribution is 2.42. The van der Waals surface area contributed by atoms with E-state index in [2.05, 4.69) is 6.07 Å². The molecule has 1 unspecified atom stereocenters. The number of carbonyl (C=O) groups excluding carboxylic acids is 1. The molecule has 1 fully saturated rings. The van der Waals surface area contributed by atoms with Gasteiger partial charge in [-0.05, 0) is 49.8 Å². The quantitative estimate of drug-likeness (QED) is 0.850. The Morgan fingerprint density at radius 1 is 1.15 bits per heavy atom. The number of carbonyl (C=O) groups is 1. The third-order valence-corrected chi connectivity index (χ3v) is 5.37. The van der Waals surface area contributed by atoms with Gasteiger partial charge in [-0.15, -0.1) is 0 Å². The maximum Gasteiger partial charge on any atom is 0.244 e. The summed E-state index contributed by atoms with van der Waals surface area (Å²) in [7, 11) is 3.75. The molecular formula is C21H23FN2O2. The number of halogens is 1. The third-order valence-electron chi connectivity index (χ3n) is 5.37. The fourth-order valence-corrected chi connectivity index (χ4v) is 4.08. The average molecular weight is 354 g/mol. The summed E-state index contributed by atoms with van der Waals surface area (Å²) in [5.74, 6) is 0.728. The fraction of sp³-hybridized carbons (Fsp3) is 0.381. The first-order chi connectivity index (χ1) is 12.5. The smallest absolute Gasteiger partial charge is 0.244 e. The summed E-state index contributed by atoms with van der Waals surface area (Å²) in [5, 5.41) is 0. The Kier molecular flexibility index (Phi) is 4.19. The molecule has 0 bridgehead atoms. The third kappa shape index (κ3) is 2.97. The van der Waals surface area contributed by atoms with Crippen LogP contribution in [0.2, 0.25) is 0 Å². The average Bonchev–Trinajstić information content (AvgIpc) is 2.60. The number of likely N-dealkylation sites (N-methyl/N-ethyl adjacent to an activating group) is 1. The number of rotatable bonds is 3. The lowest BCUT2D eigenvalue weighted by atomic mass is 9.73. The number of hydrogen-bond donors (Lipinski definition) is 0. The summed E-state index contributed by atoms with van der Waals surface area (Å²) in [5.41, 5.74) is 2.05. The van der Waals surface area contributed by atoms with E-state index in [4.69, 9.17) is 4.74 Å². The molecule has 5 heteroatoms. The SMILES string of the molecule is CN(C)C(C(=O)N1CC2(COc3ccccc3C2)C1)c1ccc(F)cc1. The van der Waals surface area contributed by atoms with E-state index in [-0.39, 0.29) is 17.1 Å². The van der Waals surface area contributed by atoms with Gasteiger partial charge in [-0.1, -0.05) is 30.3 Å². The highest BCUT2D eigenvalue weighted by molar-refractivity contribution is 5.84. The van der Waals surface area contributed by atoms with Gasteiger partial charge in [0.15, 0.2) is 0 Å². The summed E-state index contributed by atoms with van der Waals surface area (Å²) < 4.78 is 19.2. The van der Waals surface area contributed by atoms with Crippen LogP contribution in [-0.4, -0.2) is 49.5 Å². The summed E-state index contributed by atoms with van der Waals surface area (Å²) in [6.45, 7) is 2.05. The maximum atomic E-state index is 13.2. The van der Waals surface area contributed by atoms with Gasteiger partial charge in [0.2, 0.25) is 5.91 Å². The molecule has 26 heavy (non-hydrogen) atoms. The number of amides is 1. The van der Waals surface area contributed by atoms with Crippen molar-refractivity contribution in [2.45, 2.75) is 12.5 Å². The standard InChI is InChI=1S/C21H23FN2O2/c1-23(2)19(15-7-9-17(22)10-8-15)20(25)24-12-21(13-24)11-16-5-3-4-6-18(16)26-14-21/h3-10,19H,11-14H2,1-2H3. The Morgan fingerprint density at radius 2 is 1.85 bits per heavy atom. The van der Waals surface area contributed by atoms with Crippen LogP contribution >= 0.6 is 0 Å². The van der Waals surface area contributed by atoms with Gasteiger partial charge < -0.3 is 9.64 Å². The number of likely N-dealkylation sites (tertiary alicyclic amines) is 1. The number of ether oxygens (including phenoxy) is 1. The number of hydrogen-bond acceptors (Lipinski definition) is 3. The molecule has 0 radical (unpaired) electrons. The minimum Gasteiger partial charge on any atom is -0.493 e. The van der Waals surface area contributed by atoms with Crippen molar-refractivity contribution < 1.29 is 13.9 Å². The highest BCUT2D eigenvalue weighted by Gasteiger charge is 2.49. The van der Waals surface area contributed by atoms with Crippen molar-refractivity contribution in [3.05, 3.63) is 65.5 Å². The predicted molar refractivity (Wildman–Crippen MR) is 97.5 cm³/mol. The Hall–Kier alpha value is -2.40. The molecule has 0 aliphatic carbocycles. The van der Waals surface area contributed by atoms with Crippen LogP contribution in [0.3, 0.4) is 0 Å². The molecule has 0 N–H and O–H groups in total. The van der Waals surface area contributed by atoms with Crippen molar-refractivity contribution in [2.75, 3.05) is 33.8 Å². The monoisotopic (exact) mass is 354 g/mol. The van der Waals surface area contributed by atoms with Gasteiger partial charge in [0.05, 0.1) is 6.61 Å². The van der Waals surface area contributed by atoms with Gasteiger partial charge in [-0.3, -0.25) is 9.69 Å². The first kappa shape index (κ1) is 17.0. The molecule has 1 saturated heterocycles. The Balaban J connectivity index is 1.47. The molecule has 0 saturated carbocycles. The first-order valence-electron chi connectivity index (χ1n) is 8.89. The number of para-hydroxylation sites is 1. The van der Waals surface area contributed by atoms with E-state index in [0.29, 0.717) is 19.7 Å². The molecule has 4 rings (SSSR count). The number of nitrogens with zero attached hydrogens (tertiary/aromatic N) is 2. The molecule has 0 aromatic heterocycles. The van der Waals surface area contributed by atoms with Crippen LogP contribution < -0.4 is 4.74 Å². The van der Waals surface area contributed by atoms with Gasteiger partial charge >= 0.3 is 0 Å². The Morgan fingerprint density at radius 3 is 2.54 bits per heavy atom. The van der Waals surface area contributed by atoms with Gasteiger partial charge in [-0.25, -0.2) is 4.39 Å². The van der Waals surface area contributed by atoms with Crippen LogP contribution in [0.5, 0.6) is 5.75 Å². The molecule has 1 spiro atoms. The molecule has 2 aromatic carbocycles. The lowest BCUT2D eigenvalue weighted by molar-refractivity contribution is -0.151. The zero-order valence-corrected chi connectivity index (χ0v) is 15.1. The minimum absolute atomic E-state index is 0.0175. The van der Waals surface area contributed by atoms with E-state index in [1.807, 2.05) is 42.1 Å².